The maximum Gasteiger partial charge on any atom is 0.269 e. The van der Waals surface area contributed by atoms with Crippen LogP contribution >= 0.6 is 0 Å². The van der Waals surface area contributed by atoms with Crippen molar-refractivity contribution in [2.24, 2.45) is 11.7 Å². The van der Waals surface area contributed by atoms with Gasteiger partial charge in [0.15, 0.2) is 0 Å². The topological polar surface area (TPSA) is 68.3 Å². The molecule has 0 aliphatic heterocycles. The molecule has 2 N–H and O–H groups in total. The quantitative estimate of drug-likeness (QED) is 0.793. The number of hydrogen-bond donors (Lipinski definition) is 1. The standard InChI is InChI=1S/C16H25F2N3O2/c1-10(2)7-13(15(19)22)21-9-11(5-6-20(3)4)8-12(14(17)18)16(21)23/h8-10,13-14H,5-7H2,1-4H3,(H2,19,22). The number of primary amides is 1. The lowest BCUT2D eigenvalue weighted by molar-refractivity contribution is -0.121. The zero-order valence-electron chi connectivity index (χ0n) is 14.1. The molecule has 23 heavy (non-hydrogen) atoms. The molecule has 0 saturated heterocycles. The monoisotopic (exact) mass is 329 g/mol. The van der Waals surface area contributed by atoms with E-state index >= 15 is 0 Å². The number of pyridine rings is 1. The highest BCUT2D eigenvalue weighted by atomic mass is 19.3. The van der Waals surface area contributed by atoms with Crippen LogP contribution in [0, 0.1) is 5.92 Å². The average molecular weight is 329 g/mol. The summed E-state index contributed by atoms with van der Waals surface area (Å²) >= 11 is 0. The first-order valence-electron chi connectivity index (χ1n) is 7.60. The molecule has 1 aromatic rings. The number of nitrogens with two attached hydrogens (primary N) is 1. The second kappa shape index (κ2) is 8.19. The molecule has 1 unspecified atom stereocenters. The van der Waals surface area contributed by atoms with Crippen molar-refractivity contribution in [1.82, 2.24) is 9.47 Å². The van der Waals surface area contributed by atoms with Crippen molar-refractivity contribution < 1.29 is 13.6 Å². The maximum atomic E-state index is 13.2. The number of nitrogens with zero attached hydrogens (tertiary/aromatic N) is 2. The van der Waals surface area contributed by atoms with E-state index in [9.17, 15) is 18.4 Å². The zero-order valence-corrected chi connectivity index (χ0v) is 14.1. The minimum Gasteiger partial charge on any atom is -0.368 e. The van der Waals surface area contributed by atoms with Crippen LogP contribution in [0.3, 0.4) is 0 Å². The number of rotatable bonds is 8. The van der Waals surface area contributed by atoms with Crippen molar-refractivity contribution in [2.75, 3.05) is 20.6 Å². The van der Waals surface area contributed by atoms with Gasteiger partial charge in [-0.3, -0.25) is 9.59 Å². The maximum absolute atomic E-state index is 13.2. The Kier molecular flexibility index (Phi) is 6.87. The van der Waals surface area contributed by atoms with Crippen molar-refractivity contribution in [3.05, 3.63) is 33.7 Å². The van der Waals surface area contributed by atoms with Gasteiger partial charge >= 0.3 is 0 Å². The number of hydrogen-bond acceptors (Lipinski definition) is 3. The lowest BCUT2D eigenvalue weighted by Crippen LogP contribution is -2.36. The molecular weight excluding hydrogens is 304 g/mol. The Morgan fingerprint density at radius 1 is 1.35 bits per heavy atom. The number of alkyl halides is 2. The van der Waals surface area contributed by atoms with Crippen LogP contribution in [0.5, 0.6) is 0 Å². The summed E-state index contributed by atoms with van der Waals surface area (Å²) in [6, 6.07) is 0.305. The zero-order chi connectivity index (χ0) is 17.7. The van der Waals surface area contributed by atoms with Crippen LogP contribution in [-0.2, 0) is 11.2 Å². The molecule has 0 bridgehead atoms. The van der Waals surface area contributed by atoms with Crippen LogP contribution in [-0.4, -0.2) is 36.0 Å². The van der Waals surface area contributed by atoms with Gasteiger partial charge in [-0.15, -0.1) is 0 Å². The highest BCUT2D eigenvalue weighted by Gasteiger charge is 2.24. The predicted octanol–water partition coefficient (Wildman–Crippen LogP) is 1.96. The first-order chi connectivity index (χ1) is 10.6. The summed E-state index contributed by atoms with van der Waals surface area (Å²) in [7, 11) is 3.74. The average Bonchev–Trinajstić information content (AvgIpc) is 2.43. The van der Waals surface area contributed by atoms with E-state index in [1.807, 2.05) is 32.8 Å². The van der Waals surface area contributed by atoms with Crippen molar-refractivity contribution in [3.8, 4) is 0 Å². The van der Waals surface area contributed by atoms with Gasteiger partial charge in [-0.05, 0) is 44.5 Å². The molecule has 0 radical (unpaired) electrons. The summed E-state index contributed by atoms with van der Waals surface area (Å²) in [4.78, 5) is 25.9. The lowest BCUT2D eigenvalue weighted by Gasteiger charge is -2.21. The first kappa shape index (κ1) is 19.3. The molecule has 1 atom stereocenters. The molecule has 0 spiro atoms. The highest BCUT2D eigenvalue weighted by molar-refractivity contribution is 5.78. The van der Waals surface area contributed by atoms with Gasteiger partial charge in [-0.25, -0.2) is 8.78 Å². The third-order valence-electron chi connectivity index (χ3n) is 3.57. The fourth-order valence-corrected chi connectivity index (χ4v) is 2.38. The number of amides is 1. The van der Waals surface area contributed by atoms with Gasteiger partial charge < -0.3 is 15.2 Å². The Bertz CT molecular complexity index is 597. The third-order valence-corrected chi connectivity index (χ3v) is 3.57. The smallest absolute Gasteiger partial charge is 0.269 e. The van der Waals surface area contributed by atoms with Crippen LogP contribution in [0.1, 0.15) is 43.9 Å². The van der Waals surface area contributed by atoms with Gasteiger partial charge in [-0.1, -0.05) is 13.8 Å². The van der Waals surface area contributed by atoms with Crippen molar-refractivity contribution in [3.63, 3.8) is 0 Å². The first-order valence-corrected chi connectivity index (χ1v) is 7.60. The van der Waals surface area contributed by atoms with E-state index in [4.69, 9.17) is 5.73 Å². The van der Waals surface area contributed by atoms with E-state index in [2.05, 4.69) is 0 Å². The molecule has 0 aromatic carbocycles. The Balaban J connectivity index is 3.37. The fourth-order valence-electron chi connectivity index (χ4n) is 2.38. The Morgan fingerprint density at radius 3 is 2.39 bits per heavy atom. The summed E-state index contributed by atoms with van der Waals surface area (Å²) < 4.78 is 27.4. The summed E-state index contributed by atoms with van der Waals surface area (Å²) in [5.74, 6) is -0.592. The van der Waals surface area contributed by atoms with Gasteiger partial charge in [0, 0.05) is 12.7 Å². The Hall–Kier alpha value is -1.76. The Morgan fingerprint density at radius 2 is 1.96 bits per heavy atom. The van der Waals surface area contributed by atoms with E-state index in [1.165, 1.54) is 12.3 Å². The van der Waals surface area contributed by atoms with Crippen molar-refractivity contribution in [2.45, 2.75) is 39.2 Å². The van der Waals surface area contributed by atoms with Gasteiger partial charge in [0.2, 0.25) is 5.91 Å². The largest absolute Gasteiger partial charge is 0.368 e. The second-order valence-electron chi connectivity index (χ2n) is 6.42. The third kappa shape index (κ3) is 5.42. The lowest BCUT2D eigenvalue weighted by atomic mass is 10.0. The molecule has 0 saturated carbocycles. The SMILES string of the molecule is CC(C)CC(C(N)=O)n1cc(CCN(C)C)cc(C(F)F)c1=O. The van der Waals surface area contributed by atoms with E-state index in [-0.39, 0.29) is 5.92 Å². The molecule has 5 nitrogen and oxygen atoms in total. The summed E-state index contributed by atoms with van der Waals surface area (Å²) in [5, 5.41) is 0. The molecule has 1 amide bonds. The van der Waals surface area contributed by atoms with Crippen LogP contribution in [0.25, 0.3) is 0 Å². The van der Waals surface area contributed by atoms with Gasteiger partial charge in [0.1, 0.15) is 6.04 Å². The fraction of sp³-hybridized carbons (Fsp3) is 0.625. The van der Waals surface area contributed by atoms with Crippen molar-refractivity contribution >= 4 is 5.91 Å². The number of aromatic nitrogens is 1. The van der Waals surface area contributed by atoms with Crippen LogP contribution in [0.4, 0.5) is 8.78 Å². The van der Waals surface area contributed by atoms with E-state index in [1.54, 1.807) is 0 Å². The summed E-state index contributed by atoms with van der Waals surface area (Å²) in [6.07, 6.45) is -0.578. The second-order valence-corrected chi connectivity index (χ2v) is 6.42. The van der Waals surface area contributed by atoms with Crippen molar-refractivity contribution in [1.29, 1.82) is 0 Å². The number of likely N-dealkylation sites (N-methyl/N-ethyl adjacent to an activating group) is 1. The van der Waals surface area contributed by atoms with E-state index < -0.39 is 29.5 Å². The number of halogens is 2. The van der Waals surface area contributed by atoms with E-state index in [0.717, 1.165) is 4.57 Å². The molecular formula is C16H25F2N3O2. The van der Waals surface area contributed by atoms with Crippen LogP contribution in [0.2, 0.25) is 0 Å². The number of carbonyl (C=O) groups is 1. The van der Waals surface area contributed by atoms with Gasteiger partial charge in [0.25, 0.3) is 12.0 Å². The molecule has 0 aliphatic rings. The molecule has 7 heteroatoms. The number of carbonyl (C=O) groups excluding carboxylic acids is 1. The molecule has 1 rings (SSSR count). The van der Waals surface area contributed by atoms with E-state index in [0.29, 0.717) is 24.9 Å². The summed E-state index contributed by atoms with van der Waals surface area (Å²) in [5.41, 5.74) is 4.54. The van der Waals surface area contributed by atoms with Gasteiger partial charge in [-0.2, -0.15) is 0 Å². The molecule has 1 aromatic heterocycles. The Labute approximate surface area is 135 Å². The van der Waals surface area contributed by atoms with Crippen LogP contribution in [0.15, 0.2) is 17.1 Å². The van der Waals surface area contributed by atoms with Gasteiger partial charge in [0.05, 0.1) is 5.56 Å². The predicted molar refractivity (Wildman–Crippen MR) is 85.6 cm³/mol. The summed E-state index contributed by atoms with van der Waals surface area (Å²) in [6.45, 7) is 4.40. The van der Waals surface area contributed by atoms with Crippen LogP contribution < -0.4 is 11.3 Å². The normalized spacial score (nSPS) is 13.1. The molecule has 1 heterocycles. The highest BCUT2D eigenvalue weighted by Crippen LogP contribution is 2.21. The minimum atomic E-state index is -2.89. The molecule has 0 aliphatic carbocycles. The molecule has 0 fully saturated rings. The molecule has 130 valence electrons. The minimum absolute atomic E-state index is 0.0971.